The van der Waals surface area contributed by atoms with Crippen LogP contribution >= 0.6 is 0 Å². The molecule has 0 saturated heterocycles. The number of hydrogen-bond acceptors (Lipinski definition) is 5. The third kappa shape index (κ3) is 9.78. The fourth-order valence-electron chi connectivity index (χ4n) is 0.601. The van der Waals surface area contributed by atoms with E-state index in [4.69, 9.17) is 10.2 Å². The Morgan fingerprint density at radius 1 is 1.46 bits per heavy atom. The summed E-state index contributed by atoms with van der Waals surface area (Å²) in [5.41, 5.74) is 0. The summed E-state index contributed by atoms with van der Waals surface area (Å²) in [6.45, 7) is 0.457. The Hall–Kier alpha value is -0.140. The summed E-state index contributed by atoms with van der Waals surface area (Å²) in [7, 11) is 0. The van der Waals surface area contributed by atoms with Gasteiger partial charge < -0.3 is 15.1 Å². The first-order valence-electron chi connectivity index (χ1n) is 3.32. The molecule has 0 aromatic carbocycles. The fraction of sp³-hybridized carbons (Fsp3) is 0.667. The molecule has 0 aliphatic rings. The molecule has 0 unspecified atom stereocenters. The molecule has 0 rings (SSSR count). The van der Waals surface area contributed by atoms with Crippen LogP contribution in [0.5, 0.6) is 0 Å². The van der Waals surface area contributed by atoms with Crippen LogP contribution in [0.1, 0.15) is 6.92 Å². The standard InChI is InChI=1S/C6H11NO5.Na.H/c1-5(9)12-7(2-3-8)4-6(10)11;;/h8H,2-4H2,1H3,(H,10,11);;. The van der Waals surface area contributed by atoms with Crippen LogP contribution in [-0.4, -0.2) is 76.5 Å². The van der Waals surface area contributed by atoms with Gasteiger partial charge in [-0.15, -0.1) is 5.06 Å². The Morgan fingerprint density at radius 3 is 2.31 bits per heavy atom. The van der Waals surface area contributed by atoms with Gasteiger partial charge in [-0.3, -0.25) is 9.59 Å². The molecule has 0 aromatic rings. The van der Waals surface area contributed by atoms with Crippen molar-refractivity contribution >= 4 is 41.5 Å². The second-order valence-corrected chi connectivity index (χ2v) is 2.06. The van der Waals surface area contributed by atoms with Crippen molar-refractivity contribution in [1.82, 2.24) is 5.06 Å². The van der Waals surface area contributed by atoms with Crippen molar-refractivity contribution in [3.8, 4) is 0 Å². The van der Waals surface area contributed by atoms with Gasteiger partial charge in [0.15, 0.2) is 0 Å². The summed E-state index contributed by atoms with van der Waals surface area (Å²) in [4.78, 5) is 25.0. The quantitative estimate of drug-likeness (QED) is 0.403. The zero-order chi connectivity index (χ0) is 9.56. The van der Waals surface area contributed by atoms with Gasteiger partial charge in [-0.05, 0) is 0 Å². The van der Waals surface area contributed by atoms with Gasteiger partial charge in [-0.1, -0.05) is 0 Å². The summed E-state index contributed by atoms with van der Waals surface area (Å²) >= 11 is 0. The van der Waals surface area contributed by atoms with E-state index >= 15 is 0 Å². The number of carboxylic acids is 1. The van der Waals surface area contributed by atoms with Gasteiger partial charge in [0.2, 0.25) is 0 Å². The van der Waals surface area contributed by atoms with Crippen LogP contribution < -0.4 is 0 Å². The maximum absolute atomic E-state index is 10.4. The van der Waals surface area contributed by atoms with Crippen molar-refractivity contribution in [2.24, 2.45) is 0 Å². The van der Waals surface area contributed by atoms with Crippen molar-refractivity contribution in [2.45, 2.75) is 6.92 Å². The number of aliphatic carboxylic acids is 1. The van der Waals surface area contributed by atoms with E-state index in [1.165, 1.54) is 0 Å². The summed E-state index contributed by atoms with van der Waals surface area (Å²) < 4.78 is 0. The first-order valence-corrected chi connectivity index (χ1v) is 3.32. The van der Waals surface area contributed by atoms with Crippen LogP contribution in [0.15, 0.2) is 0 Å². The third-order valence-electron chi connectivity index (χ3n) is 0.919. The SMILES string of the molecule is CC(=O)ON(CCO)CC(=O)O.[NaH]. The van der Waals surface area contributed by atoms with Crippen LogP contribution in [0, 0.1) is 0 Å². The second-order valence-electron chi connectivity index (χ2n) is 2.06. The topological polar surface area (TPSA) is 87.1 Å². The molecule has 0 aliphatic carbocycles. The number of hydrogen-bond donors (Lipinski definition) is 2. The Bertz CT molecular complexity index is 158. The molecule has 0 aliphatic heterocycles. The van der Waals surface area contributed by atoms with Crippen molar-refractivity contribution in [3.05, 3.63) is 0 Å². The summed E-state index contributed by atoms with van der Waals surface area (Å²) in [6.07, 6.45) is 0. The molecule has 0 amide bonds. The van der Waals surface area contributed by atoms with Gasteiger partial charge >= 0.3 is 41.5 Å². The number of rotatable bonds is 5. The molecule has 0 fully saturated rings. The van der Waals surface area contributed by atoms with Crippen molar-refractivity contribution < 1.29 is 24.6 Å². The van der Waals surface area contributed by atoms with Crippen LogP contribution in [0.2, 0.25) is 0 Å². The van der Waals surface area contributed by atoms with Gasteiger partial charge in [0, 0.05) is 6.92 Å². The molecule has 0 aromatic heterocycles. The fourth-order valence-corrected chi connectivity index (χ4v) is 0.601. The monoisotopic (exact) mass is 201 g/mol. The Morgan fingerprint density at radius 2 is 2.00 bits per heavy atom. The number of nitrogens with zero attached hydrogens (tertiary/aromatic N) is 1. The second kappa shape index (κ2) is 8.46. The first-order chi connectivity index (χ1) is 5.56. The predicted molar refractivity (Wildman–Crippen MR) is 45.2 cm³/mol. The van der Waals surface area contributed by atoms with E-state index in [-0.39, 0.29) is 42.7 Å². The molecular weight excluding hydrogens is 189 g/mol. The van der Waals surface area contributed by atoms with Gasteiger partial charge in [-0.25, -0.2) is 0 Å². The number of carbonyl (C=O) groups excluding carboxylic acids is 1. The summed E-state index contributed by atoms with van der Waals surface area (Å²) in [5.74, 6) is -1.73. The molecule has 72 valence electrons. The van der Waals surface area contributed by atoms with E-state index in [0.717, 1.165) is 12.0 Å². The number of carboxylic acid groups (broad SMARTS) is 1. The third-order valence-corrected chi connectivity index (χ3v) is 0.919. The molecule has 0 saturated carbocycles. The summed E-state index contributed by atoms with van der Waals surface area (Å²) in [6, 6.07) is 0. The molecule has 0 heterocycles. The van der Waals surface area contributed by atoms with E-state index in [1.807, 2.05) is 0 Å². The van der Waals surface area contributed by atoms with E-state index in [9.17, 15) is 9.59 Å². The van der Waals surface area contributed by atoms with Crippen LogP contribution in [0.4, 0.5) is 0 Å². The van der Waals surface area contributed by atoms with Gasteiger partial charge in [0.1, 0.15) is 6.54 Å². The number of carbonyl (C=O) groups is 2. The average molecular weight is 201 g/mol. The molecule has 13 heavy (non-hydrogen) atoms. The number of hydroxylamine groups is 2. The zero-order valence-corrected chi connectivity index (χ0v) is 6.69. The van der Waals surface area contributed by atoms with E-state index < -0.39 is 18.5 Å². The van der Waals surface area contributed by atoms with Crippen molar-refractivity contribution in [3.63, 3.8) is 0 Å². The molecular formula is C6H12NNaO5. The Kier molecular flexibility index (Phi) is 9.98. The molecule has 0 bridgehead atoms. The zero-order valence-electron chi connectivity index (χ0n) is 6.69. The van der Waals surface area contributed by atoms with Crippen molar-refractivity contribution in [1.29, 1.82) is 0 Å². The van der Waals surface area contributed by atoms with E-state index in [1.54, 1.807) is 0 Å². The molecule has 0 atom stereocenters. The minimum absolute atomic E-state index is 0. The Balaban J connectivity index is 0. The normalized spacial score (nSPS) is 9.15. The maximum atomic E-state index is 10.4. The first kappa shape index (κ1) is 15.3. The molecule has 0 radical (unpaired) electrons. The van der Waals surface area contributed by atoms with Crippen LogP contribution in [0.3, 0.4) is 0 Å². The number of aliphatic hydroxyl groups is 1. The van der Waals surface area contributed by atoms with Gasteiger partial charge in [0.25, 0.3) is 0 Å². The molecule has 7 heteroatoms. The van der Waals surface area contributed by atoms with Gasteiger partial charge in [0.05, 0.1) is 13.2 Å². The van der Waals surface area contributed by atoms with Crippen molar-refractivity contribution in [2.75, 3.05) is 19.7 Å². The molecule has 6 nitrogen and oxygen atoms in total. The van der Waals surface area contributed by atoms with Crippen LogP contribution in [-0.2, 0) is 14.4 Å². The molecule has 2 N–H and O–H groups in total. The van der Waals surface area contributed by atoms with Crippen LogP contribution in [0.25, 0.3) is 0 Å². The predicted octanol–water partition coefficient (Wildman–Crippen LogP) is -1.81. The van der Waals surface area contributed by atoms with E-state index in [0.29, 0.717) is 0 Å². The Labute approximate surface area is 97.7 Å². The number of aliphatic hydroxyl groups excluding tert-OH is 1. The van der Waals surface area contributed by atoms with Gasteiger partial charge in [-0.2, -0.15) is 0 Å². The summed E-state index contributed by atoms with van der Waals surface area (Å²) in [5, 5.41) is 17.6. The molecule has 0 spiro atoms. The van der Waals surface area contributed by atoms with E-state index in [2.05, 4.69) is 4.84 Å². The average Bonchev–Trinajstić information content (AvgIpc) is 1.84. The minimum atomic E-state index is -1.12.